The van der Waals surface area contributed by atoms with Gasteiger partial charge in [0.1, 0.15) is 5.82 Å². The number of nitrogens with one attached hydrogen (secondary N) is 2. The normalized spacial score (nSPS) is 28.6. The van der Waals surface area contributed by atoms with Crippen molar-refractivity contribution in [2.24, 2.45) is 10.9 Å². The topological polar surface area (TPSA) is 61.8 Å². The van der Waals surface area contributed by atoms with Crippen molar-refractivity contribution in [1.29, 1.82) is 0 Å². The smallest absolute Gasteiger partial charge is 0.191 e. The van der Waals surface area contributed by atoms with E-state index >= 15 is 0 Å². The maximum atomic E-state index is 5.94. The number of nitrogens with zero attached hydrogens (tertiary/aromatic N) is 3. The first-order chi connectivity index (χ1) is 13.2. The lowest BCUT2D eigenvalue weighted by Crippen LogP contribution is -2.47. The van der Waals surface area contributed by atoms with E-state index in [1.54, 1.807) is 0 Å². The summed E-state index contributed by atoms with van der Waals surface area (Å²) in [5.74, 6) is 2.82. The van der Waals surface area contributed by atoms with E-state index in [0.29, 0.717) is 24.8 Å². The number of hydrogen-bond donors (Lipinski definition) is 2. The van der Waals surface area contributed by atoms with E-state index in [2.05, 4.69) is 46.5 Å². The molecule has 3 saturated heterocycles. The Morgan fingerprint density at radius 2 is 2.11 bits per heavy atom. The summed E-state index contributed by atoms with van der Waals surface area (Å²) in [6, 6.07) is 4.70. The third-order valence-electron chi connectivity index (χ3n) is 6.11. The second kappa shape index (κ2) is 8.46. The summed E-state index contributed by atoms with van der Waals surface area (Å²) in [6.07, 6.45) is 8.78. The second-order valence-electron chi connectivity index (χ2n) is 8.25. The Kier molecular flexibility index (Phi) is 5.81. The Hall–Kier alpha value is -1.82. The molecule has 3 aliphatic heterocycles. The number of aromatic nitrogens is 1. The van der Waals surface area contributed by atoms with Gasteiger partial charge in [-0.05, 0) is 56.6 Å². The Morgan fingerprint density at radius 1 is 1.26 bits per heavy atom. The van der Waals surface area contributed by atoms with Gasteiger partial charge in [0.2, 0.25) is 0 Å². The van der Waals surface area contributed by atoms with Crippen LogP contribution in [0.15, 0.2) is 23.3 Å². The predicted octanol–water partition coefficient (Wildman–Crippen LogP) is 2.69. The fourth-order valence-electron chi connectivity index (χ4n) is 4.39. The average Bonchev–Trinajstić information content (AvgIpc) is 3.31. The zero-order valence-corrected chi connectivity index (χ0v) is 16.7. The van der Waals surface area contributed by atoms with E-state index in [-0.39, 0.29) is 0 Å². The van der Waals surface area contributed by atoms with E-state index in [4.69, 9.17) is 9.73 Å². The maximum Gasteiger partial charge on any atom is 0.191 e. The average molecular weight is 372 g/mol. The van der Waals surface area contributed by atoms with Gasteiger partial charge in [0.25, 0.3) is 0 Å². The van der Waals surface area contributed by atoms with Gasteiger partial charge in [-0.3, -0.25) is 0 Å². The van der Waals surface area contributed by atoms with Crippen LogP contribution in [0.2, 0.25) is 0 Å². The molecule has 0 spiro atoms. The molecule has 3 atom stereocenters. The second-order valence-corrected chi connectivity index (χ2v) is 8.25. The molecular formula is C21H33N5O. The highest BCUT2D eigenvalue weighted by Crippen LogP contribution is 2.34. The minimum Gasteiger partial charge on any atom is -0.373 e. The van der Waals surface area contributed by atoms with Crippen molar-refractivity contribution in [1.82, 2.24) is 15.6 Å². The van der Waals surface area contributed by atoms with Gasteiger partial charge >= 0.3 is 0 Å². The summed E-state index contributed by atoms with van der Waals surface area (Å²) in [5, 5.41) is 6.93. The summed E-state index contributed by atoms with van der Waals surface area (Å²) in [6.45, 7) is 8.17. The molecule has 0 saturated carbocycles. The van der Waals surface area contributed by atoms with Crippen LogP contribution in [0.25, 0.3) is 0 Å². The molecule has 0 amide bonds. The van der Waals surface area contributed by atoms with E-state index < -0.39 is 0 Å². The standard InChI is InChI=1S/C21H33N5O/c1-3-22-21(25-18-12-17-5-6-19(18)27-17)24-14-16-4-7-20(23-13-16)26-10-8-15(2)9-11-26/h4,7,13,15,17-19H,3,5-6,8-12,14H2,1-2H3,(H2,22,24,25). The molecule has 1 aromatic heterocycles. The molecule has 148 valence electrons. The van der Waals surface area contributed by atoms with Crippen LogP contribution < -0.4 is 15.5 Å². The van der Waals surface area contributed by atoms with Crippen LogP contribution in [0.1, 0.15) is 51.5 Å². The van der Waals surface area contributed by atoms with Crippen molar-refractivity contribution < 1.29 is 4.74 Å². The maximum absolute atomic E-state index is 5.94. The van der Waals surface area contributed by atoms with Gasteiger partial charge in [-0.1, -0.05) is 13.0 Å². The fourth-order valence-corrected chi connectivity index (χ4v) is 4.39. The molecule has 1 aromatic rings. The molecule has 4 heterocycles. The number of guanidine groups is 1. The van der Waals surface area contributed by atoms with E-state index in [1.807, 2.05) is 6.20 Å². The number of piperidine rings is 1. The van der Waals surface area contributed by atoms with Gasteiger partial charge in [0, 0.05) is 25.8 Å². The van der Waals surface area contributed by atoms with Crippen LogP contribution in [0.4, 0.5) is 5.82 Å². The molecule has 27 heavy (non-hydrogen) atoms. The van der Waals surface area contributed by atoms with Crippen LogP contribution in [-0.4, -0.2) is 48.8 Å². The molecule has 0 aromatic carbocycles. The summed E-state index contributed by atoms with van der Waals surface area (Å²) in [7, 11) is 0. The van der Waals surface area contributed by atoms with Gasteiger partial charge in [-0.2, -0.15) is 0 Å². The number of anilines is 1. The first-order valence-corrected chi connectivity index (χ1v) is 10.6. The first kappa shape index (κ1) is 18.5. The molecule has 6 nitrogen and oxygen atoms in total. The molecule has 3 fully saturated rings. The summed E-state index contributed by atoms with van der Waals surface area (Å²) < 4.78 is 5.94. The molecule has 0 aliphatic carbocycles. The Balaban J connectivity index is 1.33. The highest BCUT2D eigenvalue weighted by Gasteiger charge is 2.41. The Morgan fingerprint density at radius 3 is 2.74 bits per heavy atom. The zero-order chi connectivity index (χ0) is 18.6. The minimum absolute atomic E-state index is 0.354. The van der Waals surface area contributed by atoms with Crippen molar-refractivity contribution in [2.45, 2.75) is 70.7 Å². The van der Waals surface area contributed by atoms with Crippen molar-refractivity contribution in [2.75, 3.05) is 24.5 Å². The van der Waals surface area contributed by atoms with Gasteiger partial charge in [-0.15, -0.1) is 0 Å². The predicted molar refractivity (Wildman–Crippen MR) is 109 cm³/mol. The van der Waals surface area contributed by atoms with E-state index in [9.17, 15) is 0 Å². The molecule has 6 heteroatoms. The van der Waals surface area contributed by atoms with Crippen molar-refractivity contribution >= 4 is 11.8 Å². The summed E-state index contributed by atoms with van der Waals surface area (Å²) in [5.41, 5.74) is 1.14. The monoisotopic (exact) mass is 371 g/mol. The Labute approximate surface area is 162 Å². The van der Waals surface area contributed by atoms with Crippen LogP contribution >= 0.6 is 0 Å². The molecule has 4 rings (SSSR count). The summed E-state index contributed by atoms with van der Waals surface area (Å²) >= 11 is 0. The lowest BCUT2D eigenvalue weighted by Gasteiger charge is -2.31. The van der Waals surface area contributed by atoms with Crippen LogP contribution in [-0.2, 0) is 11.3 Å². The van der Waals surface area contributed by atoms with Gasteiger partial charge in [0.15, 0.2) is 5.96 Å². The Bertz CT molecular complexity index is 638. The molecular weight excluding hydrogens is 338 g/mol. The number of pyridine rings is 1. The highest BCUT2D eigenvalue weighted by atomic mass is 16.5. The van der Waals surface area contributed by atoms with E-state index in [1.165, 1.54) is 25.7 Å². The number of hydrogen-bond acceptors (Lipinski definition) is 4. The SMILES string of the molecule is CCNC(=NCc1ccc(N2CCC(C)CC2)nc1)NC1CC2CCC1O2. The van der Waals surface area contributed by atoms with Crippen molar-refractivity contribution in [3.63, 3.8) is 0 Å². The third kappa shape index (κ3) is 4.54. The van der Waals surface area contributed by atoms with Crippen LogP contribution in [0, 0.1) is 5.92 Å². The van der Waals surface area contributed by atoms with E-state index in [0.717, 1.165) is 49.3 Å². The zero-order valence-electron chi connectivity index (χ0n) is 16.7. The van der Waals surface area contributed by atoms with Crippen LogP contribution in [0.5, 0.6) is 0 Å². The van der Waals surface area contributed by atoms with Gasteiger partial charge < -0.3 is 20.3 Å². The van der Waals surface area contributed by atoms with Crippen LogP contribution in [0.3, 0.4) is 0 Å². The molecule has 0 radical (unpaired) electrons. The lowest BCUT2D eigenvalue weighted by atomic mass is 9.96. The van der Waals surface area contributed by atoms with Gasteiger partial charge in [-0.25, -0.2) is 9.98 Å². The van der Waals surface area contributed by atoms with Gasteiger partial charge in [0.05, 0.1) is 24.8 Å². The number of fused-ring (bicyclic) bond motifs is 2. The molecule has 3 aliphatic rings. The number of rotatable bonds is 5. The molecule has 2 N–H and O–H groups in total. The largest absolute Gasteiger partial charge is 0.373 e. The van der Waals surface area contributed by atoms with Crippen molar-refractivity contribution in [3.05, 3.63) is 23.9 Å². The third-order valence-corrected chi connectivity index (χ3v) is 6.11. The minimum atomic E-state index is 0.354. The number of aliphatic imine (C=N–C) groups is 1. The molecule has 2 bridgehead atoms. The lowest BCUT2D eigenvalue weighted by molar-refractivity contribution is 0.0992. The quantitative estimate of drug-likeness (QED) is 0.616. The first-order valence-electron chi connectivity index (χ1n) is 10.6. The highest BCUT2D eigenvalue weighted by molar-refractivity contribution is 5.80. The summed E-state index contributed by atoms with van der Waals surface area (Å²) in [4.78, 5) is 11.8. The van der Waals surface area contributed by atoms with Crippen molar-refractivity contribution in [3.8, 4) is 0 Å². The fraction of sp³-hybridized carbons (Fsp3) is 0.714. The molecule has 3 unspecified atom stereocenters. The number of ether oxygens (including phenoxy) is 1.